The molecule has 2 rings (SSSR count). The van der Waals surface area contributed by atoms with E-state index in [0.717, 1.165) is 38.2 Å². The summed E-state index contributed by atoms with van der Waals surface area (Å²) in [5.41, 5.74) is 0.996. The van der Waals surface area contributed by atoms with Crippen molar-refractivity contribution in [3.8, 4) is 0 Å². The molecule has 0 bridgehead atoms. The Morgan fingerprint density at radius 2 is 2.00 bits per heavy atom. The third kappa shape index (κ3) is 4.05. The second kappa shape index (κ2) is 7.38. The van der Waals surface area contributed by atoms with Crippen LogP contribution in [0.5, 0.6) is 0 Å². The summed E-state index contributed by atoms with van der Waals surface area (Å²) < 4.78 is 2.05. The van der Waals surface area contributed by atoms with Gasteiger partial charge in [-0.05, 0) is 33.0 Å². The summed E-state index contributed by atoms with van der Waals surface area (Å²) in [6.45, 7) is 7.39. The van der Waals surface area contributed by atoms with E-state index in [1.807, 2.05) is 6.07 Å². The highest BCUT2D eigenvalue weighted by molar-refractivity contribution is 5.03. The molecule has 5 heteroatoms. The summed E-state index contributed by atoms with van der Waals surface area (Å²) in [5.74, 6) is 0. The fraction of sp³-hybridized carbons (Fsp3) is 0.812. The maximum atomic E-state index is 10.6. The lowest BCUT2D eigenvalue weighted by Gasteiger charge is -2.40. The van der Waals surface area contributed by atoms with Gasteiger partial charge in [-0.1, -0.05) is 13.8 Å². The van der Waals surface area contributed by atoms with Gasteiger partial charge in [-0.15, -0.1) is 0 Å². The van der Waals surface area contributed by atoms with Crippen LogP contribution in [0.4, 0.5) is 0 Å². The van der Waals surface area contributed by atoms with E-state index in [-0.39, 0.29) is 12.1 Å². The molecule has 120 valence electrons. The zero-order valence-corrected chi connectivity index (χ0v) is 13.9. The van der Waals surface area contributed by atoms with Crippen LogP contribution in [0.1, 0.15) is 38.4 Å². The van der Waals surface area contributed by atoms with Gasteiger partial charge in [0.25, 0.3) is 0 Å². The first-order chi connectivity index (χ1) is 10.0. The zero-order chi connectivity index (χ0) is 15.4. The third-order valence-electron chi connectivity index (χ3n) is 4.74. The molecule has 1 N–H and O–H groups in total. The van der Waals surface area contributed by atoms with Crippen molar-refractivity contribution in [1.29, 1.82) is 0 Å². The van der Waals surface area contributed by atoms with Gasteiger partial charge in [0.05, 0.1) is 17.8 Å². The molecular weight excluding hydrogens is 264 g/mol. The predicted molar refractivity (Wildman–Crippen MR) is 85.5 cm³/mol. The van der Waals surface area contributed by atoms with Gasteiger partial charge in [0, 0.05) is 38.3 Å². The Hall–Kier alpha value is -0.910. The van der Waals surface area contributed by atoms with E-state index in [2.05, 4.69) is 53.7 Å². The van der Waals surface area contributed by atoms with E-state index < -0.39 is 0 Å². The zero-order valence-electron chi connectivity index (χ0n) is 13.9. The summed E-state index contributed by atoms with van der Waals surface area (Å²) in [5, 5.41) is 15.2. The van der Waals surface area contributed by atoms with Crippen molar-refractivity contribution in [3.63, 3.8) is 0 Å². The molecule has 1 aliphatic heterocycles. The number of hydrogen-bond acceptors (Lipinski definition) is 4. The van der Waals surface area contributed by atoms with Crippen molar-refractivity contribution in [2.24, 2.45) is 0 Å². The van der Waals surface area contributed by atoms with Crippen LogP contribution in [0, 0.1) is 0 Å². The van der Waals surface area contributed by atoms with E-state index in [4.69, 9.17) is 0 Å². The highest BCUT2D eigenvalue weighted by Crippen LogP contribution is 2.17. The lowest BCUT2D eigenvalue weighted by molar-refractivity contribution is 0.0148. The quantitative estimate of drug-likeness (QED) is 0.861. The van der Waals surface area contributed by atoms with Crippen LogP contribution in [-0.4, -0.2) is 70.6 Å². The lowest BCUT2D eigenvalue weighted by Crippen LogP contribution is -2.55. The number of rotatable bonds is 6. The maximum Gasteiger partial charge on any atom is 0.0763 e. The van der Waals surface area contributed by atoms with E-state index in [0.29, 0.717) is 12.5 Å². The van der Waals surface area contributed by atoms with Gasteiger partial charge in [0.1, 0.15) is 0 Å². The van der Waals surface area contributed by atoms with Crippen LogP contribution in [0.3, 0.4) is 0 Å². The average molecular weight is 294 g/mol. The number of aliphatic hydroxyl groups is 1. The Labute approximate surface area is 128 Å². The van der Waals surface area contributed by atoms with Crippen LogP contribution in [0.25, 0.3) is 0 Å². The molecule has 1 aromatic rings. The molecule has 2 unspecified atom stereocenters. The first kappa shape index (κ1) is 16.5. The summed E-state index contributed by atoms with van der Waals surface area (Å²) in [6, 6.07) is 2.72. The second-order valence-corrected chi connectivity index (χ2v) is 6.34. The molecule has 0 spiro atoms. The van der Waals surface area contributed by atoms with Gasteiger partial charge >= 0.3 is 0 Å². The van der Waals surface area contributed by atoms with E-state index in [9.17, 15) is 5.11 Å². The fourth-order valence-electron chi connectivity index (χ4n) is 3.16. The lowest BCUT2D eigenvalue weighted by atomic mass is 10.0. The second-order valence-electron chi connectivity index (χ2n) is 6.34. The number of aliphatic hydroxyl groups excluding tert-OH is 1. The largest absolute Gasteiger partial charge is 0.391 e. The van der Waals surface area contributed by atoms with Crippen LogP contribution < -0.4 is 0 Å². The molecule has 0 aromatic carbocycles. The van der Waals surface area contributed by atoms with Crippen molar-refractivity contribution in [1.82, 2.24) is 19.6 Å². The Morgan fingerprint density at radius 1 is 1.29 bits per heavy atom. The number of hydrogen-bond donors (Lipinski definition) is 1. The van der Waals surface area contributed by atoms with E-state index >= 15 is 0 Å². The molecule has 21 heavy (non-hydrogen) atoms. The molecule has 1 aliphatic rings. The summed E-state index contributed by atoms with van der Waals surface area (Å²) in [7, 11) is 4.22. The van der Waals surface area contributed by atoms with Gasteiger partial charge < -0.3 is 10.0 Å². The summed E-state index contributed by atoms with van der Waals surface area (Å²) in [6.07, 6.45) is 4.52. The van der Waals surface area contributed by atoms with Gasteiger partial charge in [0.2, 0.25) is 0 Å². The molecule has 2 heterocycles. The highest BCUT2D eigenvalue weighted by Gasteiger charge is 2.29. The van der Waals surface area contributed by atoms with Crippen molar-refractivity contribution in [2.45, 2.75) is 51.3 Å². The van der Waals surface area contributed by atoms with Crippen molar-refractivity contribution >= 4 is 0 Å². The van der Waals surface area contributed by atoms with Gasteiger partial charge in [-0.25, -0.2) is 0 Å². The molecule has 1 fully saturated rings. The molecule has 0 amide bonds. The van der Waals surface area contributed by atoms with E-state index in [1.54, 1.807) is 0 Å². The molecule has 0 saturated carbocycles. The van der Waals surface area contributed by atoms with Gasteiger partial charge in [-0.3, -0.25) is 9.58 Å². The minimum atomic E-state index is -0.359. The third-order valence-corrected chi connectivity index (χ3v) is 4.74. The SMILES string of the molecule is CCC(CC)n1ccc(CC(O)C2CN(C)CCN2C)n1. The predicted octanol–water partition coefficient (Wildman–Crippen LogP) is 1.39. The van der Waals surface area contributed by atoms with E-state index in [1.165, 1.54) is 0 Å². The topological polar surface area (TPSA) is 44.5 Å². The Balaban J connectivity index is 1.97. The number of nitrogens with zero attached hydrogens (tertiary/aromatic N) is 4. The molecule has 0 radical (unpaired) electrons. The Morgan fingerprint density at radius 3 is 2.67 bits per heavy atom. The standard InChI is InChI=1S/C16H30N4O/c1-5-14(6-2)20-8-7-13(17-20)11-16(21)15-12-18(3)9-10-19(15)4/h7-8,14-16,21H,5-6,9-12H2,1-4H3. The Bertz CT molecular complexity index is 430. The molecule has 1 saturated heterocycles. The van der Waals surface area contributed by atoms with Crippen molar-refractivity contribution < 1.29 is 5.11 Å². The maximum absolute atomic E-state index is 10.6. The molecule has 5 nitrogen and oxygen atoms in total. The van der Waals surface area contributed by atoms with Crippen LogP contribution >= 0.6 is 0 Å². The smallest absolute Gasteiger partial charge is 0.0763 e. The normalized spacial score (nSPS) is 22.9. The number of likely N-dealkylation sites (N-methyl/N-ethyl adjacent to an activating group) is 2. The summed E-state index contributed by atoms with van der Waals surface area (Å²) >= 11 is 0. The van der Waals surface area contributed by atoms with Crippen LogP contribution in [-0.2, 0) is 6.42 Å². The van der Waals surface area contributed by atoms with Gasteiger partial charge in [-0.2, -0.15) is 5.10 Å². The number of aromatic nitrogens is 2. The van der Waals surface area contributed by atoms with Crippen LogP contribution in [0.15, 0.2) is 12.3 Å². The molecule has 2 atom stereocenters. The monoisotopic (exact) mass is 294 g/mol. The Kier molecular flexibility index (Phi) is 5.79. The number of piperazine rings is 1. The van der Waals surface area contributed by atoms with Crippen molar-refractivity contribution in [2.75, 3.05) is 33.7 Å². The molecule has 0 aliphatic carbocycles. The first-order valence-corrected chi connectivity index (χ1v) is 8.16. The minimum Gasteiger partial charge on any atom is -0.391 e. The summed E-state index contributed by atoms with van der Waals surface area (Å²) in [4.78, 5) is 4.55. The first-order valence-electron chi connectivity index (χ1n) is 8.16. The van der Waals surface area contributed by atoms with Crippen molar-refractivity contribution in [3.05, 3.63) is 18.0 Å². The average Bonchev–Trinajstić information content (AvgIpc) is 2.91. The fourth-order valence-corrected chi connectivity index (χ4v) is 3.16. The minimum absolute atomic E-state index is 0.196. The van der Waals surface area contributed by atoms with Crippen LogP contribution in [0.2, 0.25) is 0 Å². The van der Waals surface area contributed by atoms with Gasteiger partial charge in [0.15, 0.2) is 0 Å². The molecular formula is C16H30N4O. The highest BCUT2D eigenvalue weighted by atomic mass is 16.3. The molecule has 1 aromatic heterocycles.